The number of para-hydroxylation sites is 1. The normalized spacial score (nSPS) is 12.3. The number of nitrogens with one attached hydrogen (secondary N) is 3. The van der Waals surface area contributed by atoms with E-state index in [9.17, 15) is 4.79 Å². The molecule has 0 saturated heterocycles. The Labute approximate surface area is 177 Å². The van der Waals surface area contributed by atoms with Crippen molar-refractivity contribution >= 4 is 27.6 Å². The largest absolute Gasteiger partial charge is 0.369 e. The van der Waals surface area contributed by atoms with Gasteiger partial charge in [0, 0.05) is 41.4 Å². The van der Waals surface area contributed by atoms with Crippen molar-refractivity contribution in [2.75, 3.05) is 11.9 Å². The van der Waals surface area contributed by atoms with Crippen LogP contribution in [0.25, 0.3) is 33.1 Å². The maximum atomic E-state index is 12.2. The standard InChI is InChI=1S/C23H21N7O/c1-13(9-25-20-8-18(27-12-28-20)15-7-6-14(2)24-10-15)16-4-3-5-17-21-19(11-26-22(16)17)29-30-23(21)31/h3-8,10-13H,9H2,1-2H3,(H,25,27,28)(H2,29,30,31)/t13-/m1/s1. The first-order valence-electron chi connectivity index (χ1n) is 10.1. The summed E-state index contributed by atoms with van der Waals surface area (Å²) in [6.45, 7) is 4.74. The monoisotopic (exact) mass is 411 g/mol. The van der Waals surface area contributed by atoms with Gasteiger partial charge in [0.1, 0.15) is 12.1 Å². The van der Waals surface area contributed by atoms with Gasteiger partial charge in [0.15, 0.2) is 0 Å². The molecule has 31 heavy (non-hydrogen) atoms. The van der Waals surface area contributed by atoms with Crippen LogP contribution in [-0.2, 0) is 0 Å². The van der Waals surface area contributed by atoms with Gasteiger partial charge in [-0.2, -0.15) is 0 Å². The van der Waals surface area contributed by atoms with Gasteiger partial charge in [-0.1, -0.05) is 25.1 Å². The van der Waals surface area contributed by atoms with Crippen LogP contribution in [0, 0.1) is 6.92 Å². The lowest BCUT2D eigenvalue weighted by molar-refractivity contribution is 0.806. The van der Waals surface area contributed by atoms with Gasteiger partial charge in [-0.05, 0) is 24.6 Å². The number of benzene rings is 1. The van der Waals surface area contributed by atoms with Gasteiger partial charge < -0.3 is 5.32 Å². The van der Waals surface area contributed by atoms with Crippen LogP contribution in [0.4, 0.5) is 5.82 Å². The minimum Gasteiger partial charge on any atom is -0.369 e. The summed E-state index contributed by atoms with van der Waals surface area (Å²) in [7, 11) is 0. The predicted octanol–water partition coefficient (Wildman–Crippen LogP) is 3.78. The highest BCUT2D eigenvalue weighted by molar-refractivity contribution is 6.04. The third kappa shape index (κ3) is 3.52. The summed E-state index contributed by atoms with van der Waals surface area (Å²) in [5.74, 6) is 0.890. The maximum Gasteiger partial charge on any atom is 0.272 e. The van der Waals surface area contributed by atoms with E-state index in [0.717, 1.165) is 39.2 Å². The molecule has 0 fully saturated rings. The average Bonchev–Trinajstić information content (AvgIpc) is 3.19. The van der Waals surface area contributed by atoms with E-state index in [4.69, 9.17) is 0 Å². The summed E-state index contributed by atoms with van der Waals surface area (Å²) in [4.78, 5) is 29.9. The molecule has 1 aromatic carbocycles. The van der Waals surface area contributed by atoms with Crippen LogP contribution in [0.3, 0.4) is 0 Å². The summed E-state index contributed by atoms with van der Waals surface area (Å²) in [5, 5.41) is 10.4. The number of rotatable bonds is 5. The van der Waals surface area contributed by atoms with Gasteiger partial charge in [0.25, 0.3) is 5.56 Å². The second kappa shape index (κ2) is 7.64. The Morgan fingerprint density at radius 2 is 1.94 bits per heavy atom. The zero-order valence-electron chi connectivity index (χ0n) is 17.2. The molecule has 154 valence electrons. The molecule has 1 atom stereocenters. The van der Waals surface area contributed by atoms with Crippen molar-refractivity contribution in [3.63, 3.8) is 0 Å². The molecule has 4 heterocycles. The van der Waals surface area contributed by atoms with Crippen molar-refractivity contribution in [3.8, 4) is 11.3 Å². The van der Waals surface area contributed by atoms with Gasteiger partial charge in [0.2, 0.25) is 0 Å². The molecule has 0 amide bonds. The van der Waals surface area contributed by atoms with E-state index in [2.05, 4.69) is 48.4 Å². The lowest BCUT2D eigenvalue weighted by Crippen LogP contribution is -2.12. The molecular formula is C23H21N7O. The lowest BCUT2D eigenvalue weighted by Gasteiger charge is -2.16. The second-order valence-electron chi connectivity index (χ2n) is 7.63. The van der Waals surface area contributed by atoms with E-state index in [0.29, 0.717) is 17.4 Å². The molecule has 0 saturated carbocycles. The van der Waals surface area contributed by atoms with Crippen LogP contribution in [0.1, 0.15) is 24.1 Å². The van der Waals surface area contributed by atoms with Gasteiger partial charge in [-0.15, -0.1) is 0 Å². The zero-order chi connectivity index (χ0) is 21.4. The Balaban J connectivity index is 1.40. The Morgan fingerprint density at radius 1 is 1.03 bits per heavy atom. The van der Waals surface area contributed by atoms with Crippen molar-refractivity contribution in [3.05, 3.63) is 76.7 Å². The number of nitrogens with zero attached hydrogens (tertiary/aromatic N) is 4. The first-order valence-corrected chi connectivity index (χ1v) is 10.1. The highest BCUT2D eigenvalue weighted by Crippen LogP contribution is 2.27. The number of aromatic nitrogens is 6. The molecule has 4 aromatic heterocycles. The number of anilines is 1. The lowest BCUT2D eigenvalue weighted by atomic mass is 9.97. The minimum atomic E-state index is -0.135. The highest BCUT2D eigenvalue weighted by Gasteiger charge is 2.14. The van der Waals surface area contributed by atoms with Gasteiger partial charge in [-0.3, -0.25) is 25.0 Å². The molecule has 0 bridgehead atoms. The first kappa shape index (κ1) is 18.9. The number of H-pyrrole nitrogens is 2. The van der Waals surface area contributed by atoms with Gasteiger partial charge >= 0.3 is 0 Å². The van der Waals surface area contributed by atoms with Crippen LogP contribution in [0.5, 0.6) is 0 Å². The quantitative estimate of drug-likeness (QED) is 0.406. The molecular weight excluding hydrogens is 390 g/mol. The zero-order valence-corrected chi connectivity index (χ0v) is 17.2. The predicted molar refractivity (Wildman–Crippen MR) is 121 cm³/mol. The number of hydrogen-bond donors (Lipinski definition) is 3. The fourth-order valence-electron chi connectivity index (χ4n) is 3.77. The fourth-order valence-corrected chi connectivity index (χ4v) is 3.77. The SMILES string of the molecule is Cc1ccc(-c2cc(NC[C@@H](C)c3cccc4c3ncc3[nH][nH]c(=O)c34)ncn2)cn1. The molecule has 5 aromatic rings. The van der Waals surface area contributed by atoms with E-state index >= 15 is 0 Å². The summed E-state index contributed by atoms with van der Waals surface area (Å²) >= 11 is 0. The maximum absolute atomic E-state index is 12.2. The van der Waals surface area contributed by atoms with Crippen LogP contribution in [0.15, 0.2) is 59.9 Å². The van der Waals surface area contributed by atoms with Gasteiger partial charge in [0.05, 0.1) is 28.3 Å². The molecule has 0 unspecified atom stereocenters. The molecule has 0 aliphatic heterocycles. The van der Waals surface area contributed by atoms with E-state index in [1.807, 2.05) is 43.5 Å². The topological polar surface area (TPSA) is 112 Å². The van der Waals surface area contributed by atoms with Gasteiger partial charge in [-0.25, -0.2) is 9.97 Å². The second-order valence-corrected chi connectivity index (χ2v) is 7.63. The molecule has 3 N–H and O–H groups in total. The van der Waals surface area contributed by atoms with Crippen molar-refractivity contribution in [1.82, 2.24) is 30.1 Å². The minimum absolute atomic E-state index is 0.135. The Hall–Kier alpha value is -4.07. The van der Waals surface area contributed by atoms with Crippen LogP contribution in [-0.4, -0.2) is 36.7 Å². The molecule has 0 aliphatic rings. The van der Waals surface area contributed by atoms with E-state index in [-0.39, 0.29) is 11.5 Å². The summed E-state index contributed by atoms with van der Waals surface area (Å²) in [6, 6.07) is 11.8. The molecule has 0 radical (unpaired) electrons. The van der Waals surface area contributed by atoms with Crippen molar-refractivity contribution < 1.29 is 0 Å². The molecule has 0 spiro atoms. The number of pyridine rings is 2. The molecule has 5 rings (SSSR count). The van der Waals surface area contributed by atoms with Crippen molar-refractivity contribution in [1.29, 1.82) is 0 Å². The summed E-state index contributed by atoms with van der Waals surface area (Å²) < 4.78 is 0. The number of aromatic amines is 2. The Kier molecular flexibility index (Phi) is 4.66. The average molecular weight is 411 g/mol. The third-order valence-corrected chi connectivity index (χ3v) is 5.46. The van der Waals surface area contributed by atoms with E-state index < -0.39 is 0 Å². The number of hydrogen-bond acceptors (Lipinski definition) is 6. The Morgan fingerprint density at radius 3 is 2.77 bits per heavy atom. The summed E-state index contributed by atoms with van der Waals surface area (Å²) in [6.07, 6.45) is 5.07. The Bertz CT molecular complexity index is 1440. The highest BCUT2D eigenvalue weighted by atomic mass is 16.1. The van der Waals surface area contributed by atoms with Crippen molar-refractivity contribution in [2.45, 2.75) is 19.8 Å². The fraction of sp³-hybridized carbons (Fsp3) is 0.174. The van der Waals surface area contributed by atoms with Crippen LogP contribution >= 0.6 is 0 Å². The molecule has 8 nitrogen and oxygen atoms in total. The first-order chi connectivity index (χ1) is 15.1. The third-order valence-electron chi connectivity index (χ3n) is 5.46. The van der Waals surface area contributed by atoms with Crippen molar-refractivity contribution in [2.24, 2.45) is 0 Å². The molecule has 8 heteroatoms. The number of fused-ring (bicyclic) bond motifs is 3. The number of aryl methyl sites for hydroxylation is 1. The van der Waals surface area contributed by atoms with E-state index in [1.54, 1.807) is 12.5 Å². The van der Waals surface area contributed by atoms with Crippen LogP contribution < -0.4 is 10.9 Å². The van der Waals surface area contributed by atoms with Crippen LogP contribution in [0.2, 0.25) is 0 Å². The van der Waals surface area contributed by atoms with E-state index in [1.165, 1.54) is 0 Å². The summed E-state index contributed by atoms with van der Waals surface area (Å²) in [5.41, 5.74) is 5.21. The molecule has 0 aliphatic carbocycles. The smallest absolute Gasteiger partial charge is 0.272 e.